The maximum atomic E-state index is 13.0. The summed E-state index contributed by atoms with van der Waals surface area (Å²) >= 11 is 0. The summed E-state index contributed by atoms with van der Waals surface area (Å²) in [5.41, 5.74) is 3.03. The molecule has 3 rings (SSSR count). The summed E-state index contributed by atoms with van der Waals surface area (Å²) in [6, 6.07) is 23.6. The molecule has 3 aromatic carbocycles. The van der Waals surface area contributed by atoms with Crippen molar-refractivity contribution in [2.45, 2.75) is 58.8 Å². The molecule has 1 amide bonds. The molecule has 0 saturated heterocycles. The molecule has 0 aliphatic heterocycles. The number of nitrogens with one attached hydrogen (secondary N) is 1. The van der Waals surface area contributed by atoms with E-state index >= 15 is 0 Å². The highest BCUT2D eigenvalue weighted by Gasteiger charge is 2.21. The number of hydrogen-bond acceptors (Lipinski definition) is 4. The Hall–Kier alpha value is -3.47. The zero-order valence-electron chi connectivity index (χ0n) is 20.7. The Bertz CT molecular complexity index is 1040. The lowest BCUT2D eigenvalue weighted by atomic mass is 9.87. The Morgan fingerprint density at radius 3 is 1.91 bits per heavy atom. The summed E-state index contributed by atoms with van der Waals surface area (Å²) in [6.45, 7) is 8.45. The van der Waals surface area contributed by atoms with E-state index in [1.165, 1.54) is 0 Å². The summed E-state index contributed by atoms with van der Waals surface area (Å²) in [4.78, 5) is 13.0. The molecule has 0 heterocycles. The smallest absolute Gasteiger partial charge is 0.221 e. The lowest BCUT2D eigenvalue weighted by Crippen LogP contribution is -2.25. The van der Waals surface area contributed by atoms with Crippen LogP contribution >= 0.6 is 0 Å². The molecule has 0 bridgehead atoms. The topological polar surface area (TPSA) is 56.8 Å². The molecular weight excluding hydrogens is 426 g/mol. The number of methoxy groups -OCH3 is 1. The van der Waals surface area contributed by atoms with Gasteiger partial charge in [-0.05, 0) is 69.2 Å². The van der Waals surface area contributed by atoms with Gasteiger partial charge in [0.2, 0.25) is 5.91 Å². The number of para-hydroxylation sites is 1. The highest BCUT2D eigenvalue weighted by Crippen LogP contribution is 2.35. The average Bonchev–Trinajstić information content (AvgIpc) is 2.82. The van der Waals surface area contributed by atoms with Crippen LogP contribution in [0.5, 0.6) is 17.2 Å². The number of carbonyl (C=O) groups is 1. The van der Waals surface area contributed by atoms with E-state index in [1.807, 2.05) is 100 Å². The molecule has 5 heteroatoms. The summed E-state index contributed by atoms with van der Waals surface area (Å²) in [5.74, 6) is 2.23. The SMILES string of the molecule is COc1ccccc1[C@@H](CC(=O)NCc1ccc(OC(C)C)cc1)c1ccc(OC(C)C)cc1. The van der Waals surface area contributed by atoms with Crippen LogP contribution in [-0.4, -0.2) is 25.2 Å². The van der Waals surface area contributed by atoms with Gasteiger partial charge in [0, 0.05) is 24.4 Å². The number of carbonyl (C=O) groups excluding carboxylic acids is 1. The number of rotatable bonds is 11. The van der Waals surface area contributed by atoms with Crippen molar-refractivity contribution in [2.75, 3.05) is 7.11 Å². The Morgan fingerprint density at radius 2 is 1.35 bits per heavy atom. The van der Waals surface area contributed by atoms with E-state index in [-0.39, 0.29) is 24.0 Å². The first-order chi connectivity index (χ1) is 16.4. The van der Waals surface area contributed by atoms with Crippen molar-refractivity contribution in [1.29, 1.82) is 0 Å². The van der Waals surface area contributed by atoms with Gasteiger partial charge in [-0.1, -0.05) is 42.5 Å². The van der Waals surface area contributed by atoms with Crippen molar-refractivity contribution in [2.24, 2.45) is 0 Å². The molecular formula is C29H35NO4. The van der Waals surface area contributed by atoms with Gasteiger partial charge in [0.05, 0.1) is 19.3 Å². The molecule has 0 aliphatic rings. The van der Waals surface area contributed by atoms with Gasteiger partial charge in [0.25, 0.3) is 0 Å². The third-order valence-corrected chi connectivity index (χ3v) is 5.34. The zero-order chi connectivity index (χ0) is 24.5. The van der Waals surface area contributed by atoms with Crippen LogP contribution in [0, 0.1) is 0 Å². The molecule has 0 radical (unpaired) electrons. The van der Waals surface area contributed by atoms with Gasteiger partial charge < -0.3 is 19.5 Å². The van der Waals surface area contributed by atoms with Gasteiger partial charge in [0.1, 0.15) is 17.2 Å². The molecule has 0 spiro atoms. The predicted octanol–water partition coefficient (Wildman–Crippen LogP) is 6.11. The fraction of sp³-hybridized carbons (Fsp3) is 0.345. The van der Waals surface area contributed by atoms with E-state index in [9.17, 15) is 4.79 Å². The van der Waals surface area contributed by atoms with Crippen LogP contribution in [0.4, 0.5) is 0 Å². The average molecular weight is 462 g/mol. The monoisotopic (exact) mass is 461 g/mol. The molecule has 180 valence electrons. The van der Waals surface area contributed by atoms with E-state index in [4.69, 9.17) is 14.2 Å². The Labute approximate surface area is 203 Å². The van der Waals surface area contributed by atoms with Crippen molar-refractivity contribution in [3.8, 4) is 17.2 Å². The minimum atomic E-state index is -0.147. The van der Waals surface area contributed by atoms with Crippen molar-refractivity contribution in [1.82, 2.24) is 5.32 Å². The highest BCUT2D eigenvalue weighted by molar-refractivity contribution is 5.77. The third-order valence-electron chi connectivity index (χ3n) is 5.34. The highest BCUT2D eigenvalue weighted by atomic mass is 16.5. The van der Waals surface area contributed by atoms with E-state index in [0.717, 1.165) is 33.9 Å². The van der Waals surface area contributed by atoms with Crippen LogP contribution in [0.15, 0.2) is 72.8 Å². The molecule has 0 aromatic heterocycles. The van der Waals surface area contributed by atoms with Gasteiger partial charge in [-0.3, -0.25) is 4.79 Å². The second-order valence-electron chi connectivity index (χ2n) is 8.82. The molecule has 3 aromatic rings. The molecule has 0 fully saturated rings. The van der Waals surface area contributed by atoms with Gasteiger partial charge in [-0.25, -0.2) is 0 Å². The minimum Gasteiger partial charge on any atom is -0.496 e. The zero-order valence-corrected chi connectivity index (χ0v) is 20.7. The first-order valence-corrected chi connectivity index (χ1v) is 11.8. The van der Waals surface area contributed by atoms with E-state index in [2.05, 4.69) is 5.32 Å². The fourth-order valence-corrected chi connectivity index (χ4v) is 3.83. The maximum absolute atomic E-state index is 13.0. The molecule has 0 unspecified atom stereocenters. The molecule has 0 aliphatic carbocycles. The Balaban J connectivity index is 1.74. The minimum absolute atomic E-state index is 0.0269. The lowest BCUT2D eigenvalue weighted by Gasteiger charge is -2.21. The van der Waals surface area contributed by atoms with Crippen LogP contribution < -0.4 is 19.5 Å². The lowest BCUT2D eigenvalue weighted by molar-refractivity contribution is -0.121. The molecule has 1 N–H and O–H groups in total. The summed E-state index contributed by atoms with van der Waals surface area (Å²) in [5, 5.41) is 3.06. The van der Waals surface area contributed by atoms with Crippen LogP contribution in [0.25, 0.3) is 0 Å². The number of benzene rings is 3. The van der Waals surface area contributed by atoms with Gasteiger partial charge >= 0.3 is 0 Å². The predicted molar refractivity (Wildman–Crippen MR) is 136 cm³/mol. The van der Waals surface area contributed by atoms with Crippen molar-refractivity contribution in [3.05, 3.63) is 89.5 Å². The van der Waals surface area contributed by atoms with Crippen LogP contribution in [0.2, 0.25) is 0 Å². The van der Waals surface area contributed by atoms with Crippen LogP contribution in [0.1, 0.15) is 56.7 Å². The number of hydrogen-bond donors (Lipinski definition) is 1. The van der Waals surface area contributed by atoms with Gasteiger partial charge in [-0.15, -0.1) is 0 Å². The molecule has 0 saturated carbocycles. The van der Waals surface area contributed by atoms with Crippen molar-refractivity contribution >= 4 is 5.91 Å². The Morgan fingerprint density at radius 1 is 0.794 bits per heavy atom. The Kier molecular flexibility index (Phi) is 8.97. The largest absolute Gasteiger partial charge is 0.496 e. The summed E-state index contributed by atoms with van der Waals surface area (Å²) in [6.07, 6.45) is 0.537. The first-order valence-electron chi connectivity index (χ1n) is 11.8. The first kappa shape index (κ1) is 25.2. The third kappa shape index (κ3) is 7.27. The quantitative estimate of drug-likeness (QED) is 0.374. The van der Waals surface area contributed by atoms with E-state index < -0.39 is 0 Å². The van der Waals surface area contributed by atoms with Crippen molar-refractivity contribution < 1.29 is 19.0 Å². The van der Waals surface area contributed by atoms with E-state index in [1.54, 1.807) is 7.11 Å². The summed E-state index contributed by atoms with van der Waals surface area (Å²) < 4.78 is 17.1. The number of ether oxygens (including phenoxy) is 3. The van der Waals surface area contributed by atoms with Crippen molar-refractivity contribution in [3.63, 3.8) is 0 Å². The number of amides is 1. The fourth-order valence-electron chi connectivity index (χ4n) is 3.83. The normalized spacial score (nSPS) is 11.9. The van der Waals surface area contributed by atoms with E-state index in [0.29, 0.717) is 13.0 Å². The standard InChI is InChI=1S/C29H35NO4/c1-20(2)33-24-14-10-22(11-15-24)19-30-29(31)18-27(26-8-6-7-9-28(26)32-5)23-12-16-25(17-13-23)34-21(3)4/h6-17,20-21,27H,18-19H2,1-5H3,(H,30,31)/t27-/m0/s1. The second kappa shape index (κ2) is 12.1. The molecule has 5 nitrogen and oxygen atoms in total. The van der Waals surface area contributed by atoms with Gasteiger partial charge in [-0.2, -0.15) is 0 Å². The molecule has 34 heavy (non-hydrogen) atoms. The molecule has 1 atom stereocenters. The second-order valence-corrected chi connectivity index (χ2v) is 8.82. The van der Waals surface area contributed by atoms with Crippen LogP contribution in [-0.2, 0) is 11.3 Å². The van der Waals surface area contributed by atoms with Crippen LogP contribution in [0.3, 0.4) is 0 Å². The maximum Gasteiger partial charge on any atom is 0.221 e. The summed E-state index contributed by atoms with van der Waals surface area (Å²) in [7, 11) is 1.65. The van der Waals surface area contributed by atoms with Gasteiger partial charge in [0.15, 0.2) is 0 Å².